The number of carbonyl (C=O) groups excluding carboxylic acids is 2. The molecule has 1 aromatic carbocycles. The van der Waals surface area contributed by atoms with E-state index in [1.54, 1.807) is 36.8 Å². The van der Waals surface area contributed by atoms with Gasteiger partial charge in [-0.1, -0.05) is 6.07 Å². The molecule has 3 N–H and O–H groups in total. The fourth-order valence-corrected chi connectivity index (χ4v) is 2.72. The predicted octanol–water partition coefficient (Wildman–Crippen LogP) is 2.39. The third-order valence-electron chi connectivity index (χ3n) is 4.10. The second kappa shape index (κ2) is 7.67. The van der Waals surface area contributed by atoms with Gasteiger partial charge in [-0.15, -0.1) is 0 Å². The van der Waals surface area contributed by atoms with Gasteiger partial charge >= 0.3 is 0 Å². The lowest BCUT2D eigenvalue weighted by Gasteiger charge is -2.08. The Hall–Kier alpha value is -4.07. The molecule has 3 aromatic heterocycles. The number of H-pyrrole nitrogens is 1. The van der Waals surface area contributed by atoms with Gasteiger partial charge in [-0.25, -0.2) is 0 Å². The maximum atomic E-state index is 12.4. The van der Waals surface area contributed by atoms with Crippen molar-refractivity contribution in [2.45, 2.75) is 0 Å². The summed E-state index contributed by atoms with van der Waals surface area (Å²) >= 11 is 0. The number of anilines is 1. The first-order chi connectivity index (χ1) is 13.7. The van der Waals surface area contributed by atoms with Crippen LogP contribution in [0.25, 0.3) is 22.2 Å². The van der Waals surface area contributed by atoms with Gasteiger partial charge < -0.3 is 10.6 Å². The van der Waals surface area contributed by atoms with Gasteiger partial charge in [0.25, 0.3) is 5.91 Å². The summed E-state index contributed by atoms with van der Waals surface area (Å²) in [6.45, 7) is -0.159. The fraction of sp³-hybridized carbons (Fsp3) is 0.0500. The molecule has 0 spiro atoms. The van der Waals surface area contributed by atoms with E-state index in [1.165, 1.54) is 6.20 Å². The van der Waals surface area contributed by atoms with Gasteiger partial charge in [0.15, 0.2) is 0 Å². The normalized spacial score (nSPS) is 10.6. The standard InChI is InChI=1S/C20H16N6O2/c27-19(25-16-5-4-13-11-24-26-18(13)8-16)12-23-20(28)15-7-14(9-21-10-15)17-3-1-2-6-22-17/h1-11H,12H2,(H,23,28)(H,24,26)(H,25,27). The van der Waals surface area contributed by atoms with Crippen molar-refractivity contribution in [1.82, 2.24) is 25.5 Å². The smallest absolute Gasteiger partial charge is 0.253 e. The highest BCUT2D eigenvalue weighted by atomic mass is 16.2. The van der Waals surface area contributed by atoms with Gasteiger partial charge in [0.2, 0.25) is 5.91 Å². The van der Waals surface area contributed by atoms with Gasteiger partial charge in [0, 0.05) is 35.2 Å². The van der Waals surface area contributed by atoms with Crippen LogP contribution in [0.1, 0.15) is 10.4 Å². The van der Waals surface area contributed by atoms with Crippen molar-refractivity contribution in [2.75, 3.05) is 11.9 Å². The summed E-state index contributed by atoms with van der Waals surface area (Å²) in [7, 11) is 0. The Kier molecular flexibility index (Phi) is 4.75. The SMILES string of the molecule is O=C(CNC(=O)c1cncc(-c2ccccn2)c1)Nc1ccc2cn[nH]c2c1. The quantitative estimate of drug-likeness (QED) is 0.498. The van der Waals surface area contributed by atoms with E-state index in [0.29, 0.717) is 11.3 Å². The van der Waals surface area contributed by atoms with Crippen molar-refractivity contribution in [2.24, 2.45) is 0 Å². The largest absolute Gasteiger partial charge is 0.343 e. The monoisotopic (exact) mass is 372 g/mol. The van der Waals surface area contributed by atoms with E-state index in [9.17, 15) is 9.59 Å². The first-order valence-corrected chi connectivity index (χ1v) is 8.57. The Labute approximate surface area is 160 Å². The number of amides is 2. The number of aromatic amines is 1. The van der Waals surface area contributed by atoms with Crippen LogP contribution in [0.15, 0.2) is 67.3 Å². The van der Waals surface area contributed by atoms with Crippen molar-refractivity contribution in [3.63, 3.8) is 0 Å². The van der Waals surface area contributed by atoms with Crippen LogP contribution < -0.4 is 10.6 Å². The Bertz CT molecular complexity index is 1140. The van der Waals surface area contributed by atoms with Crippen LogP contribution >= 0.6 is 0 Å². The third-order valence-corrected chi connectivity index (χ3v) is 4.10. The average Bonchev–Trinajstić information content (AvgIpc) is 3.20. The van der Waals surface area contributed by atoms with E-state index in [4.69, 9.17) is 0 Å². The van der Waals surface area contributed by atoms with Gasteiger partial charge in [0.05, 0.1) is 29.5 Å². The lowest BCUT2D eigenvalue weighted by atomic mass is 10.1. The molecular weight excluding hydrogens is 356 g/mol. The molecule has 0 radical (unpaired) electrons. The van der Waals surface area contributed by atoms with Crippen LogP contribution in [-0.4, -0.2) is 38.5 Å². The zero-order valence-corrected chi connectivity index (χ0v) is 14.7. The van der Waals surface area contributed by atoms with E-state index < -0.39 is 0 Å². The molecule has 2 amide bonds. The highest BCUT2D eigenvalue weighted by Gasteiger charge is 2.11. The lowest BCUT2D eigenvalue weighted by Crippen LogP contribution is -2.32. The number of hydrogen-bond donors (Lipinski definition) is 3. The van der Waals surface area contributed by atoms with Gasteiger partial charge in [0.1, 0.15) is 0 Å². The molecule has 4 aromatic rings. The highest BCUT2D eigenvalue weighted by Crippen LogP contribution is 2.17. The molecule has 0 unspecified atom stereocenters. The summed E-state index contributed by atoms with van der Waals surface area (Å²) in [5, 5.41) is 13.1. The molecule has 0 aliphatic carbocycles. The van der Waals surface area contributed by atoms with E-state index >= 15 is 0 Å². The van der Waals surface area contributed by atoms with Gasteiger partial charge in [-0.3, -0.25) is 24.7 Å². The first kappa shape index (κ1) is 17.3. The minimum absolute atomic E-state index is 0.159. The molecule has 8 heteroatoms. The van der Waals surface area contributed by atoms with E-state index in [-0.39, 0.29) is 18.4 Å². The summed E-state index contributed by atoms with van der Waals surface area (Å²) < 4.78 is 0. The maximum Gasteiger partial charge on any atom is 0.253 e. The number of nitrogens with zero attached hydrogens (tertiary/aromatic N) is 3. The Morgan fingerprint density at radius 1 is 1.04 bits per heavy atom. The minimum Gasteiger partial charge on any atom is -0.343 e. The summed E-state index contributed by atoms with van der Waals surface area (Å²) in [5.74, 6) is -0.717. The molecule has 4 rings (SSSR count). The van der Waals surface area contributed by atoms with Crippen LogP contribution in [0.5, 0.6) is 0 Å². The van der Waals surface area contributed by atoms with E-state index in [2.05, 4.69) is 30.8 Å². The van der Waals surface area contributed by atoms with Gasteiger partial charge in [-0.2, -0.15) is 5.10 Å². The Morgan fingerprint density at radius 2 is 1.96 bits per heavy atom. The predicted molar refractivity (Wildman–Crippen MR) is 105 cm³/mol. The topological polar surface area (TPSA) is 113 Å². The highest BCUT2D eigenvalue weighted by molar-refractivity contribution is 6.00. The molecule has 0 saturated heterocycles. The van der Waals surface area contributed by atoms with Crippen molar-refractivity contribution in [3.8, 4) is 11.3 Å². The number of aromatic nitrogens is 4. The van der Waals surface area contributed by atoms with Crippen molar-refractivity contribution >= 4 is 28.4 Å². The fourth-order valence-electron chi connectivity index (χ4n) is 2.72. The zero-order chi connectivity index (χ0) is 19.3. The minimum atomic E-state index is -0.385. The van der Waals surface area contributed by atoms with Crippen LogP contribution in [0.4, 0.5) is 5.69 Å². The zero-order valence-electron chi connectivity index (χ0n) is 14.7. The number of nitrogens with one attached hydrogen (secondary N) is 3. The summed E-state index contributed by atoms with van der Waals surface area (Å²) in [4.78, 5) is 32.8. The first-order valence-electron chi connectivity index (χ1n) is 8.57. The Morgan fingerprint density at radius 3 is 2.82 bits per heavy atom. The number of carbonyl (C=O) groups is 2. The summed E-state index contributed by atoms with van der Waals surface area (Å²) in [6, 6.07) is 12.6. The number of fused-ring (bicyclic) bond motifs is 1. The van der Waals surface area contributed by atoms with Crippen molar-refractivity contribution in [1.29, 1.82) is 0 Å². The maximum absolute atomic E-state index is 12.4. The van der Waals surface area contributed by atoms with E-state index in [0.717, 1.165) is 22.2 Å². The van der Waals surface area contributed by atoms with Crippen molar-refractivity contribution in [3.05, 3.63) is 72.8 Å². The van der Waals surface area contributed by atoms with Crippen LogP contribution in [0.3, 0.4) is 0 Å². The Balaban J connectivity index is 1.38. The van der Waals surface area contributed by atoms with E-state index in [1.807, 2.05) is 24.3 Å². The molecule has 138 valence electrons. The molecule has 0 saturated carbocycles. The molecule has 28 heavy (non-hydrogen) atoms. The number of rotatable bonds is 5. The second-order valence-corrected chi connectivity index (χ2v) is 6.08. The van der Waals surface area contributed by atoms with Crippen LogP contribution in [-0.2, 0) is 4.79 Å². The molecule has 0 fully saturated rings. The van der Waals surface area contributed by atoms with Crippen LogP contribution in [0.2, 0.25) is 0 Å². The summed E-state index contributed by atoms with van der Waals surface area (Å²) in [6.07, 6.45) is 6.46. The molecule has 0 bridgehead atoms. The third kappa shape index (κ3) is 3.85. The number of hydrogen-bond acceptors (Lipinski definition) is 5. The number of benzene rings is 1. The molecule has 0 atom stereocenters. The lowest BCUT2D eigenvalue weighted by molar-refractivity contribution is -0.115. The van der Waals surface area contributed by atoms with Crippen LogP contribution in [0, 0.1) is 0 Å². The molecule has 8 nitrogen and oxygen atoms in total. The molecule has 0 aliphatic heterocycles. The average molecular weight is 372 g/mol. The number of pyridine rings is 2. The second-order valence-electron chi connectivity index (χ2n) is 6.08. The van der Waals surface area contributed by atoms with Crippen molar-refractivity contribution < 1.29 is 9.59 Å². The molecule has 0 aliphatic rings. The molecule has 3 heterocycles. The van der Waals surface area contributed by atoms with Gasteiger partial charge in [-0.05, 0) is 36.4 Å². The molecular formula is C20H16N6O2. The summed E-state index contributed by atoms with van der Waals surface area (Å²) in [5.41, 5.74) is 3.24.